The van der Waals surface area contributed by atoms with Gasteiger partial charge in [0.15, 0.2) is 0 Å². The topological polar surface area (TPSA) is 86.9 Å². The zero-order valence-electron chi connectivity index (χ0n) is 25.1. The molecule has 0 amide bonds. The van der Waals surface area contributed by atoms with Crippen LogP contribution in [-0.2, 0) is 11.3 Å². The number of hydrogen-bond acceptors (Lipinski definition) is 7. The third kappa shape index (κ3) is 9.48. The summed E-state index contributed by atoms with van der Waals surface area (Å²) in [5, 5.41) is 10.2. The van der Waals surface area contributed by atoms with E-state index in [9.17, 15) is 0 Å². The Morgan fingerprint density at radius 3 is 2.10 bits per heavy atom. The van der Waals surface area contributed by atoms with Gasteiger partial charge in [-0.25, -0.2) is 5.90 Å². The number of aromatic nitrogens is 1. The molecule has 4 rings (SSSR count). The average molecular weight is 536 g/mol. The Morgan fingerprint density at radius 1 is 0.949 bits per heavy atom. The average Bonchev–Trinajstić information content (AvgIpc) is 3.00. The van der Waals surface area contributed by atoms with Crippen molar-refractivity contribution in [3.63, 3.8) is 0 Å². The number of anilines is 1. The van der Waals surface area contributed by atoms with Crippen molar-refractivity contribution < 1.29 is 9.94 Å². The largest absolute Gasteiger partial charge is 0.380 e. The number of nitrogens with two attached hydrogens (primary N) is 1. The van der Waals surface area contributed by atoms with Gasteiger partial charge in [0.25, 0.3) is 0 Å². The van der Waals surface area contributed by atoms with E-state index in [-0.39, 0.29) is 6.17 Å². The first-order chi connectivity index (χ1) is 19.1. The highest BCUT2D eigenvalue weighted by atomic mass is 16.5. The molecule has 214 valence electrons. The number of ether oxygens (including phenoxy) is 1. The summed E-state index contributed by atoms with van der Waals surface area (Å²) in [6.45, 7) is 14.9. The summed E-state index contributed by atoms with van der Waals surface area (Å²) in [5.74, 6) is 5.28. The smallest absolute Gasteiger partial charge is 0.115 e. The maximum atomic E-state index is 6.50. The molecule has 1 atom stereocenters. The van der Waals surface area contributed by atoms with Gasteiger partial charge in [-0.15, -0.1) is 0 Å². The van der Waals surface area contributed by atoms with Crippen LogP contribution in [-0.4, -0.2) is 48.6 Å². The van der Waals surface area contributed by atoms with Gasteiger partial charge in [0.2, 0.25) is 0 Å². The Balaban J connectivity index is 0.00000119. The standard InChI is InChI=1S/C28H34N4O.2C2H6.H3NO/c1-21(2)18-30-27-25(20-33-4)28(31(3)24-10-6-5-7-11-24)32(27)19-22-13-15-23(16-14-22)26-12-8-9-17-29-26;3*1-2/h5-17,21,27,30H,18-20H2,1-4H3;2*1-2H3;2H,1H2. The lowest BCUT2D eigenvalue weighted by atomic mass is 10.00. The fraction of sp³-hybridized carbons (Fsp3) is 0.406. The molecule has 0 saturated heterocycles. The molecule has 2 aromatic carbocycles. The van der Waals surface area contributed by atoms with Crippen LogP contribution in [0.15, 0.2) is 90.4 Å². The van der Waals surface area contributed by atoms with Crippen molar-refractivity contribution in [1.29, 1.82) is 0 Å². The van der Waals surface area contributed by atoms with E-state index in [1.165, 1.54) is 22.6 Å². The third-order valence-corrected chi connectivity index (χ3v) is 5.95. The fourth-order valence-corrected chi connectivity index (χ4v) is 4.29. The van der Waals surface area contributed by atoms with Crippen LogP contribution in [0.3, 0.4) is 0 Å². The number of nitrogens with zero attached hydrogens (tertiary/aromatic N) is 3. The van der Waals surface area contributed by atoms with E-state index in [0.29, 0.717) is 12.5 Å². The van der Waals surface area contributed by atoms with Crippen molar-refractivity contribution >= 4 is 5.69 Å². The van der Waals surface area contributed by atoms with Crippen LogP contribution in [0.5, 0.6) is 0 Å². The van der Waals surface area contributed by atoms with Crippen LogP contribution in [0.25, 0.3) is 11.3 Å². The number of methoxy groups -OCH3 is 1. The summed E-state index contributed by atoms with van der Waals surface area (Å²) < 4.78 is 5.60. The van der Waals surface area contributed by atoms with E-state index in [1.54, 1.807) is 7.11 Å². The van der Waals surface area contributed by atoms with Crippen molar-refractivity contribution in [2.24, 2.45) is 11.8 Å². The molecule has 2 heterocycles. The molecular weight excluding hydrogens is 486 g/mol. The Kier molecular flexibility index (Phi) is 16.4. The fourth-order valence-electron chi connectivity index (χ4n) is 4.29. The summed E-state index contributed by atoms with van der Waals surface area (Å²) in [7, 11) is 3.90. The van der Waals surface area contributed by atoms with Gasteiger partial charge < -0.3 is 19.7 Å². The maximum absolute atomic E-state index is 6.50. The van der Waals surface area contributed by atoms with E-state index < -0.39 is 0 Å². The number of rotatable bonds is 10. The second kappa shape index (κ2) is 18.9. The van der Waals surface area contributed by atoms with Gasteiger partial charge in [-0.1, -0.05) is 90.1 Å². The highest BCUT2D eigenvalue weighted by Gasteiger charge is 2.39. The molecule has 7 heteroatoms. The quantitative estimate of drug-likeness (QED) is 0.255. The Hall–Kier alpha value is -3.23. The first-order valence-corrected chi connectivity index (χ1v) is 13.9. The Labute approximate surface area is 236 Å². The molecule has 0 bridgehead atoms. The highest BCUT2D eigenvalue weighted by Crippen LogP contribution is 2.36. The van der Waals surface area contributed by atoms with Gasteiger partial charge in [-0.2, -0.15) is 0 Å². The summed E-state index contributed by atoms with van der Waals surface area (Å²) >= 11 is 0. The molecule has 0 fully saturated rings. The monoisotopic (exact) mass is 535 g/mol. The molecular formula is C32H49N5O2. The van der Waals surface area contributed by atoms with Crippen molar-refractivity contribution in [2.75, 3.05) is 32.2 Å². The van der Waals surface area contributed by atoms with Gasteiger partial charge in [-0.3, -0.25) is 10.3 Å². The molecule has 3 aromatic rings. The number of para-hydroxylation sites is 1. The molecule has 0 saturated carbocycles. The first-order valence-electron chi connectivity index (χ1n) is 13.9. The van der Waals surface area contributed by atoms with E-state index in [1.807, 2.05) is 52.1 Å². The lowest BCUT2D eigenvalue weighted by molar-refractivity contribution is 0.127. The van der Waals surface area contributed by atoms with E-state index in [0.717, 1.165) is 24.3 Å². The van der Waals surface area contributed by atoms with Gasteiger partial charge in [-0.05, 0) is 42.3 Å². The summed E-state index contributed by atoms with van der Waals surface area (Å²) in [5.41, 5.74) is 5.85. The molecule has 1 aromatic heterocycles. The molecule has 1 aliphatic rings. The summed E-state index contributed by atoms with van der Waals surface area (Å²) in [4.78, 5) is 9.18. The molecule has 1 aliphatic heterocycles. The second-order valence-corrected chi connectivity index (χ2v) is 8.92. The second-order valence-electron chi connectivity index (χ2n) is 8.92. The van der Waals surface area contributed by atoms with Crippen LogP contribution < -0.4 is 16.1 Å². The molecule has 4 N–H and O–H groups in total. The molecule has 1 unspecified atom stereocenters. The predicted molar refractivity (Wildman–Crippen MR) is 164 cm³/mol. The van der Waals surface area contributed by atoms with Crippen LogP contribution >= 0.6 is 0 Å². The van der Waals surface area contributed by atoms with Gasteiger partial charge in [0, 0.05) is 43.7 Å². The molecule has 0 aliphatic carbocycles. The van der Waals surface area contributed by atoms with Crippen molar-refractivity contribution in [3.05, 3.63) is 96.0 Å². The van der Waals surface area contributed by atoms with Crippen molar-refractivity contribution in [2.45, 2.75) is 54.3 Å². The Morgan fingerprint density at radius 2 is 1.56 bits per heavy atom. The minimum absolute atomic E-state index is 0.156. The van der Waals surface area contributed by atoms with Crippen molar-refractivity contribution in [1.82, 2.24) is 15.2 Å². The first kappa shape index (κ1) is 33.8. The zero-order chi connectivity index (χ0) is 29.2. The lowest BCUT2D eigenvalue weighted by Gasteiger charge is -2.50. The van der Waals surface area contributed by atoms with Crippen molar-refractivity contribution in [3.8, 4) is 11.3 Å². The van der Waals surface area contributed by atoms with Gasteiger partial charge in [0.1, 0.15) is 12.0 Å². The minimum atomic E-state index is 0.156. The lowest BCUT2D eigenvalue weighted by Crippen LogP contribution is -2.59. The SMILES string of the molecule is CC.CC.COCC1=C(N(C)c2ccccc2)N(Cc2ccc(-c3ccccn3)cc2)C1NCC(C)C.NO. The summed E-state index contributed by atoms with van der Waals surface area (Å²) in [6, 6.07) is 25.2. The van der Waals surface area contributed by atoms with Gasteiger partial charge >= 0.3 is 0 Å². The van der Waals surface area contributed by atoms with E-state index in [2.05, 4.69) is 101 Å². The third-order valence-electron chi connectivity index (χ3n) is 5.95. The van der Waals surface area contributed by atoms with Crippen LogP contribution in [0.4, 0.5) is 5.69 Å². The number of pyridine rings is 1. The molecule has 39 heavy (non-hydrogen) atoms. The predicted octanol–water partition coefficient (Wildman–Crippen LogP) is 6.52. The number of hydrogen-bond donors (Lipinski definition) is 3. The highest BCUT2D eigenvalue weighted by molar-refractivity contribution is 5.59. The van der Waals surface area contributed by atoms with Gasteiger partial charge in [0.05, 0.1) is 12.3 Å². The molecule has 0 radical (unpaired) electrons. The normalized spacial score (nSPS) is 13.7. The maximum Gasteiger partial charge on any atom is 0.115 e. The molecule has 7 nitrogen and oxygen atoms in total. The van der Waals surface area contributed by atoms with Crippen LogP contribution in [0, 0.1) is 5.92 Å². The summed E-state index contributed by atoms with van der Waals surface area (Å²) in [6.07, 6.45) is 1.99. The van der Waals surface area contributed by atoms with E-state index >= 15 is 0 Å². The number of nitrogens with one attached hydrogen (secondary N) is 1. The van der Waals surface area contributed by atoms with E-state index in [4.69, 9.17) is 9.94 Å². The zero-order valence-corrected chi connectivity index (χ0v) is 25.1. The van der Waals surface area contributed by atoms with Crippen LogP contribution in [0.1, 0.15) is 47.1 Å². The number of benzene rings is 2. The minimum Gasteiger partial charge on any atom is -0.380 e. The molecule has 0 spiro atoms. The van der Waals surface area contributed by atoms with Crippen LogP contribution in [0.2, 0.25) is 0 Å². The Bertz CT molecular complexity index is 1060.